The molecule has 0 saturated carbocycles. The molecule has 3 rings (SSSR count). The lowest BCUT2D eigenvalue weighted by Gasteiger charge is -2.18. The highest BCUT2D eigenvalue weighted by atomic mass is 31.1. The second-order valence-corrected chi connectivity index (χ2v) is 7.91. The third-order valence-corrected chi connectivity index (χ3v) is 6.03. The van der Waals surface area contributed by atoms with Crippen molar-refractivity contribution in [1.82, 2.24) is 0 Å². The molecule has 0 spiro atoms. The Bertz CT molecular complexity index is 870. The van der Waals surface area contributed by atoms with Crippen LogP contribution in [-0.2, 0) is 4.74 Å². The molecule has 6 nitrogen and oxygen atoms in total. The number of carbonyl (C=O) groups excluding carboxylic acids is 1. The second kappa shape index (κ2) is 12.8. The Balaban J connectivity index is 0.000000252. The number of hydrogen-bond donors (Lipinski definition) is 1. The van der Waals surface area contributed by atoms with Crippen LogP contribution in [0, 0.1) is 0 Å². The van der Waals surface area contributed by atoms with Gasteiger partial charge in [-0.1, -0.05) is 114 Å². The number of azo groups is 1. The molecule has 0 aliphatic heterocycles. The van der Waals surface area contributed by atoms with Crippen LogP contribution in [0.3, 0.4) is 0 Å². The third kappa shape index (κ3) is 7.78. The summed E-state index contributed by atoms with van der Waals surface area (Å²) in [6.45, 7) is 3.25. The molecule has 0 fully saturated rings. The minimum Gasteiger partial charge on any atom is -0.462 e. The van der Waals surface area contributed by atoms with Crippen molar-refractivity contribution in [2.75, 3.05) is 6.61 Å². The number of carbonyl (C=O) groups is 2. The summed E-state index contributed by atoms with van der Waals surface area (Å²) in [5.41, 5.74) is 0. The Labute approximate surface area is 176 Å². The average Bonchev–Trinajstić information content (AvgIpc) is 2.79. The average molecular weight is 420 g/mol. The normalized spacial score (nSPS) is 10.2. The first-order chi connectivity index (χ1) is 14.6. The summed E-state index contributed by atoms with van der Waals surface area (Å²) in [4.78, 5) is 20.0. The zero-order valence-electron chi connectivity index (χ0n) is 16.2. The van der Waals surface area contributed by atoms with Gasteiger partial charge >= 0.3 is 12.2 Å². The third-order valence-electron chi connectivity index (χ3n) is 3.59. The first-order valence-corrected chi connectivity index (χ1v) is 10.3. The predicted molar refractivity (Wildman–Crippen MR) is 120 cm³/mol. The Kier molecular flexibility index (Phi) is 9.63. The molecule has 2 amide bonds. The highest BCUT2D eigenvalue weighted by molar-refractivity contribution is 7.79. The highest BCUT2D eigenvalue weighted by Gasteiger charge is 2.14. The van der Waals surface area contributed by atoms with E-state index in [-0.39, 0.29) is 6.61 Å². The van der Waals surface area contributed by atoms with E-state index in [0.29, 0.717) is 0 Å². The molecular weight excluding hydrogens is 399 g/mol. The zero-order valence-corrected chi connectivity index (χ0v) is 17.1. The van der Waals surface area contributed by atoms with Gasteiger partial charge in [-0.2, -0.15) is 0 Å². The van der Waals surface area contributed by atoms with Crippen molar-refractivity contribution in [2.45, 2.75) is 0 Å². The van der Waals surface area contributed by atoms with Gasteiger partial charge in [0.2, 0.25) is 0 Å². The molecular formula is C23H21N2O4P. The molecule has 1 N–H and O–H groups in total. The maximum absolute atomic E-state index is 10.3. The lowest BCUT2D eigenvalue weighted by molar-refractivity contribution is 0.165. The van der Waals surface area contributed by atoms with Crippen LogP contribution in [0.2, 0.25) is 0 Å². The number of ether oxygens (including phenoxy) is 1. The van der Waals surface area contributed by atoms with Crippen molar-refractivity contribution in [2.24, 2.45) is 10.2 Å². The smallest absolute Gasteiger partial charge is 0.452 e. The molecule has 0 saturated heterocycles. The van der Waals surface area contributed by atoms with Crippen LogP contribution >= 0.6 is 7.92 Å². The van der Waals surface area contributed by atoms with Gasteiger partial charge in [0.05, 0.1) is 0 Å². The van der Waals surface area contributed by atoms with Crippen LogP contribution in [0.15, 0.2) is 114 Å². The largest absolute Gasteiger partial charge is 0.462 e. The van der Waals surface area contributed by atoms with Crippen LogP contribution in [0.5, 0.6) is 0 Å². The lowest BCUT2D eigenvalue weighted by atomic mass is 10.4. The number of nitrogens with zero attached hydrogens (tertiary/aromatic N) is 2. The van der Waals surface area contributed by atoms with Crippen LogP contribution in [0.4, 0.5) is 9.59 Å². The van der Waals surface area contributed by atoms with E-state index >= 15 is 0 Å². The zero-order chi connectivity index (χ0) is 21.6. The molecule has 0 aliphatic carbocycles. The molecule has 152 valence electrons. The molecule has 0 bridgehead atoms. The van der Waals surface area contributed by atoms with Gasteiger partial charge < -0.3 is 9.84 Å². The summed E-state index contributed by atoms with van der Waals surface area (Å²) >= 11 is 0. The second-order valence-electron chi connectivity index (χ2n) is 5.69. The van der Waals surface area contributed by atoms with Crippen molar-refractivity contribution < 1.29 is 19.4 Å². The lowest BCUT2D eigenvalue weighted by Crippen LogP contribution is -2.20. The van der Waals surface area contributed by atoms with Crippen molar-refractivity contribution in [3.8, 4) is 0 Å². The number of benzene rings is 3. The summed E-state index contributed by atoms with van der Waals surface area (Å²) < 4.78 is 4.26. The molecule has 0 aromatic heterocycles. The predicted octanol–water partition coefficient (Wildman–Crippen LogP) is 4.88. The fourth-order valence-corrected chi connectivity index (χ4v) is 4.73. The summed E-state index contributed by atoms with van der Waals surface area (Å²) in [5.74, 6) is 0. The topological polar surface area (TPSA) is 88.3 Å². The van der Waals surface area contributed by atoms with Gasteiger partial charge in [-0.15, -0.1) is 0 Å². The number of rotatable bonds is 5. The van der Waals surface area contributed by atoms with Crippen LogP contribution < -0.4 is 15.9 Å². The molecule has 0 aliphatic rings. The SMILES string of the molecule is C=CCOC(=O)N=NC(=O)O.c1ccc(P(c2ccccc2)c2ccccc2)cc1. The van der Waals surface area contributed by atoms with E-state index in [1.54, 1.807) is 0 Å². The van der Waals surface area contributed by atoms with Crippen molar-refractivity contribution in [1.29, 1.82) is 0 Å². The Hall–Kier alpha value is -3.63. The van der Waals surface area contributed by atoms with Gasteiger partial charge in [0.15, 0.2) is 0 Å². The van der Waals surface area contributed by atoms with Crippen molar-refractivity contribution >= 4 is 36.0 Å². The minimum atomic E-state index is -1.54. The van der Waals surface area contributed by atoms with E-state index < -0.39 is 20.1 Å². The van der Waals surface area contributed by atoms with Crippen molar-refractivity contribution in [3.05, 3.63) is 104 Å². The number of amides is 2. The maximum atomic E-state index is 10.3. The molecule has 0 atom stereocenters. The van der Waals surface area contributed by atoms with Gasteiger partial charge in [-0.25, -0.2) is 9.59 Å². The van der Waals surface area contributed by atoms with Gasteiger partial charge in [-0.05, 0) is 23.8 Å². The summed E-state index contributed by atoms with van der Waals surface area (Å²) in [6.07, 6.45) is -1.26. The molecule has 0 radical (unpaired) electrons. The molecule has 0 unspecified atom stereocenters. The number of hydrogen-bond acceptors (Lipinski definition) is 3. The number of carboxylic acid groups (broad SMARTS) is 1. The van der Waals surface area contributed by atoms with Gasteiger partial charge in [0.1, 0.15) is 6.61 Å². The van der Waals surface area contributed by atoms with Crippen LogP contribution in [0.25, 0.3) is 0 Å². The summed E-state index contributed by atoms with van der Waals surface area (Å²) in [7, 11) is -0.446. The monoisotopic (exact) mass is 420 g/mol. The van der Waals surface area contributed by atoms with Crippen LogP contribution in [-0.4, -0.2) is 23.9 Å². The molecule has 3 aromatic carbocycles. The summed E-state index contributed by atoms with van der Waals surface area (Å²) in [6, 6.07) is 32.3. The van der Waals surface area contributed by atoms with Gasteiger partial charge in [0.25, 0.3) is 0 Å². The van der Waals surface area contributed by atoms with Gasteiger partial charge in [0, 0.05) is 0 Å². The quantitative estimate of drug-likeness (QED) is 0.362. The molecule has 0 heterocycles. The molecule has 7 heteroatoms. The standard InChI is InChI=1S/C18H15P.C5H6N2O4/c1-4-10-16(11-5-1)19(17-12-6-2-7-13-17)18-14-8-3-9-15-18;1-2-3-11-5(10)7-6-4(8)9/h1-15H;2H,1,3H2,(H,8,9). The minimum absolute atomic E-state index is 0.0164. The van der Waals surface area contributed by atoms with E-state index in [4.69, 9.17) is 5.11 Å². The Morgan fingerprint density at radius 3 is 1.53 bits per heavy atom. The Morgan fingerprint density at radius 1 is 0.800 bits per heavy atom. The van der Waals surface area contributed by atoms with E-state index in [2.05, 4.69) is 113 Å². The molecule has 30 heavy (non-hydrogen) atoms. The fraction of sp³-hybridized carbons (Fsp3) is 0.0435. The Morgan fingerprint density at radius 2 is 1.20 bits per heavy atom. The van der Waals surface area contributed by atoms with E-state index in [9.17, 15) is 9.59 Å². The van der Waals surface area contributed by atoms with E-state index in [1.807, 2.05) is 0 Å². The first-order valence-electron chi connectivity index (χ1n) is 8.99. The summed E-state index contributed by atoms with van der Waals surface area (Å²) in [5, 5.41) is 17.3. The van der Waals surface area contributed by atoms with Crippen LogP contribution in [0.1, 0.15) is 0 Å². The van der Waals surface area contributed by atoms with Gasteiger partial charge in [-0.3, -0.25) is 0 Å². The molecule has 3 aromatic rings. The van der Waals surface area contributed by atoms with E-state index in [0.717, 1.165) is 0 Å². The maximum Gasteiger partial charge on any atom is 0.452 e. The first kappa shape index (κ1) is 22.7. The highest BCUT2D eigenvalue weighted by Crippen LogP contribution is 2.32. The van der Waals surface area contributed by atoms with E-state index in [1.165, 1.54) is 22.0 Å². The fourth-order valence-electron chi connectivity index (χ4n) is 2.42. The van der Waals surface area contributed by atoms with Crippen molar-refractivity contribution in [3.63, 3.8) is 0 Å².